The van der Waals surface area contributed by atoms with E-state index in [1.165, 1.54) is 0 Å². The normalized spacial score (nSPS) is 10.9. The van der Waals surface area contributed by atoms with Gasteiger partial charge in [-0.25, -0.2) is 0 Å². The highest BCUT2D eigenvalue weighted by Crippen LogP contribution is 2.19. The minimum Gasteiger partial charge on any atom is -0.497 e. The number of hydrogen-bond donors (Lipinski definition) is 1. The van der Waals surface area contributed by atoms with Crippen molar-refractivity contribution in [3.63, 3.8) is 0 Å². The van der Waals surface area contributed by atoms with Gasteiger partial charge in [0.05, 0.1) is 19.5 Å². The predicted octanol–water partition coefficient (Wildman–Crippen LogP) is 3.08. The second-order valence-corrected chi connectivity index (χ2v) is 4.43. The Kier molecular flexibility index (Phi) is 3.73. The molecule has 0 atom stereocenters. The van der Waals surface area contributed by atoms with Gasteiger partial charge in [-0.15, -0.1) is 5.10 Å². The van der Waals surface area contributed by atoms with Gasteiger partial charge in [-0.3, -0.25) is 5.43 Å². The Labute approximate surface area is 122 Å². The van der Waals surface area contributed by atoms with Crippen molar-refractivity contribution < 1.29 is 4.74 Å². The van der Waals surface area contributed by atoms with Crippen LogP contribution in [0.3, 0.4) is 0 Å². The zero-order valence-corrected chi connectivity index (χ0v) is 11.5. The van der Waals surface area contributed by atoms with Crippen molar-refractivity contribution in [3.8, 4) is 5.75 Å². The van der Waals surface area contributed by atoms with E-state index >= 15 is 0 Å². The third-order valence-electron chi connectivity index (χ3n) is 3.05. The van der Waals surface area contributed by atoms with E-state index in [1.54, 1.807) is 19.5 Å². The van der Waals surface area contributed by atoms with Crippen molar-refractivity contribution in [2.45, 2.75) is 0 Å². The summed E-state index contributed by atoms with van der Waals surface area (Å²) < 4.78 is 5.17. The van der Waals surface area contributed by atoms with Gasteiger partial charge in [0, 0.05) is 10.8 Å². The average molecular weight is 278 g/mol. The average Bonchev–Trinajstić information content (AvgIpc) is 2.55. The van der Waals surface area contributed by atoms with Crippen molar-refractivity contribution in [3.05, 3.63) is 60.3 Å². The molecule has 0 saturated heterocycles. The first-order valence-electron chi connectivity index (χ1n) is 6.50. The van der Waals surface area contributed by atoms with Crippen molar-refractivity contribution in [2.24, 2.45) is 5.10 Å². The van der Waals surface area contributed by atoms with Crippen LogP contribution in [0.1, 0.15) is 5.56 Å². The summed E-state index contributed by atoms with van der Waals surface area (Å²) in [4.78, 5) is 0. The third-order valence-corrected chi connectivity index (χ3v) is 3.05. The maximum atomic E-state index is 5.17. The molecule has 5 nitrogen and oxygen atoms in total. The highest BCUT2D eigenvalue weighted by molar-refractivity contribution is 5.91. The Hall–Kier alpha value is -2.95. The summed E-state index contributed by atoms with van der Waals surface area (Å²) in [5.74, 6) is 1.43. The molecule has 0 unspecified atom stereocenters. The number of benzene rings is 2. The van der Waals surface area contributed by atoms with E-state index in [0.717, 1.165) is 22.1 Å². The van der Waals surface area contributed by atoms with E-state index in [0.29, 0.717) is 5.82 Å². The first-order valence-corrected chi connectivity index (χ1v) is 6.50. The van der Waals surface area contributed by atoms with Crippen LogP contribution in [0.15, 0.2) is 59.8 Å². The topological polar surface area (TPSA) is 59.4 Å². The number of methoxy groups -OCH3 is 1. The number of anilines is 1. The van der Waals surface area contributed by atoms with Crippen LogP contribution in [0.4, 0.5) is 5.82 Å². The largest absolute Gasteiger partial charge is 0.497 e. The lowest BCUT2D eigenvalue weighted by molar-refractivity contribution is 0.415. The molecular weight excluding hydrogens is 264 g/mol. The maximum Gasteiger partial charge on any atom is 0.176 e. The molecule has 0 radical (unpaired) electrons. The number of hydrogen-bond acceptors (Lipinski definition) is 5. The lowest BCUT2D eigenvalue weighted by Gasteiger charge is -2.03. The Bertz CT molecular complexity index is 781. The molecule has 0 spiro atoms. The number of hydrazone groups is 1. The van der Waals surface area contributed by atoms with Crippen LogP contribution in [0, 0.1) is 0 Å². The minimum atomic E-state index is 0.632. The van der Waals surface area contributed by atoms with Crippen LogP contribution in [0.2, 0.25) is 0 Å². The van der Waals surface area contributed by atoms with E-state index in [-0.39, 0.29) is 0 Å². The lowest BCUT2D eigenvalue weighted by atomic mass is 10.2. The molecule has 0 fully saturated rings. The van der Waals surface area contributed by atoms with E-state index in [9.17, 15) is 0 Å². The van der Waals surface area contributed by atoms with Gasteiger partial charge in [-0.1, -0.05) is 36.4 Å². The molecule has 0 aliphatic heterocycles. The molecule has 21 heavy (non-hydrogen) atoms. The Morgan fingerprint density at radius 2 is 2.05 bits per heavy atom. The van der Waals surface area contributed by atoms with Gasteiger partial charge in [0.25, 0.3) is 0 Å². The number of fused-ring (bicyclic) bond motifs is 1. The molecule has 0 aliphatic carbocycles. The van der Waals surface area contributed by atoms with Crippen molar-refractivity contribution in [1.82, 2.24) is 10.2 Å². The quantitative estimate of drug-likeness (QED) is 0.588. The number of aromatic nitrogens is 2. The number of nitrogens with one attached hydrogen (secondary N) is 1. The number of rotatable bonds is 4. The van der Waals surface area contributed by atoms with E-state index < -0.39 is 0 Å². The molecule has 1 N–H and O–H groups in total. The van der Waals surface area contributed by atoms with Crippen molar-refractivity contribution in [2.75, 3.05) is 12.5 Å². The molecule has 1 heterocycles. The summed E-state index contributed by atoms with van der Waals surface area (Å²) >= 11 is 0. The zero-order valence-electron chi connectivity index (χ0n) is 11.5. The molecule has 3 rings (SSSR count). The summed E-state index contributed by atoms with van der Waals surface area (Å²) in [6.45, 7) is 0. The number of ether oxygens (including phenoxy) is 1. The highest BCUT2D eigenvalue weighted by Gasteiger charge is 2.00. The van der Waals surface area contributed by atoms with Gasteiger partial charge in [0.15, 0.2) is 5.82 Å². The van der Waals surface area contributed by atoms with Crippen molar-refractivity contribution in [1.29, 1.82) is 0 Å². The first-order chi connectivity index (χ1) is 10.4. The van der Waals surface area contributed by atoms with Gasteiger partial charge >= 0.3 is 0 Å². The first kappa shape index (κ1) is 13.1. The monoisotopic (exact) mass is 278 g/mol. The van der Waals surface area contributed by atoms with Gasteiger partial charge < -0.3 is 4.74 Å². The predicted molar refractivity (Wildman–Crippen MR) is 83.7 cm³/mol. The van der Waals surface area contributed by atoms with E-state index in [2.05, 4.69) is 20.7 Å². The van der Waals surface area contributed by atoms with Gasteiger partial charge in [-0.2, -0.15) is 10.2 Å². The summed E-state index contributed by atoms with van der Waals surface area (Å²) in [7, 11) is 1.64. The van der Waals surface area contributed by atoms with E-state index in [1.807, 2.05) is 48.5 Å². The molecule has 0 amide bonds. The van der Waals surface area contributed by atoms with Crippen LogP contribution >= 0.6 is 0 Å². The summed E-state index contributed by atoms with van der Waals surface area (Å²) in [6, 6.07) is 15.5. The Balaban J connectivity index is 1.81. The fourth-order valence-electron chi connectivity index (χ4n) is 2.00. The van der Waals surface area contributed by atoms with Gasteiger partial charge in [0.1, 0.15) is 5.75 Å². The molecule has 0 aliphatic rings. The Morgan fingerprint density at radius 3 is 2.95 bits per heavy atom. The molecule has 1 aromatic heterocycles. The van der Waals surface area contributed by atoms with Gasteiger partial charge in [-0.05, 0) is 17.7 Å². The zero-order chi connectivity index (χ0) is 14.5. The van der Waals surface area contributed by atoms with Crippen LogP contribution in [0.25, 0.3) is 10.8 Å². The third kappa shape index (κ3) is 2.97. The molecule has 5 heteroatoms. The fraction of sp³-hybridized carbons (Fsp3) is 0.0625. The fourth-order valence-corrected chi connectivity index (χ4v) is 2.00. The lowest BCUT2D eigenvalue weighted by Crippen LogP contribution is -1.96. The Morgan fingerprint density at radius 1 is 1.14 bits per heavy atom. The second kappa shape index (κ2) is 6.00. The van der Waals surface area contributed by atoms with Gasteiger partial charge in [0.2, 0.25) is 0 Å². The number of nitrogens with zero attached hydrogens (tertiary/aromatic N) is 3. The van der Waals surface area contributed by atoms with Crippen LogP contribution in [0.5, 0.6) is 5.75 Å². The summed E-state index contributed by atoms with van der Waals surface area (Å²) in [5, 5.41) is 14.2. The second-order valence-electron chi connectivity index (χ2n) is 4.43. The molecule has 104 valence electrons. The summed E-state index contributed by atoms with van der Waals surface area (Å²) in [5.41, 5.74) is 3.87. The van der Waals surface area contributed by atoms with Crippen LogP contribution < -0.4 is 10.2 Å². The minimum absolute atomic E-state index is 0.632. The molecule has 3 aromatic rings. The van der Waals surface area contributed by atoms with E-state index in [4.69, 9.17) is 4.74 Å². The molecule has 0 bridgehead atoms. The molecule has 0 saturated carbocycles. The smallest absolute Gasteiger partial charge is 0.176 e. The highest BCUT2D eigenvalue weighted by atomic mass is 16.5. The SMILES string of the molecule is COc1cccc(/C=N/Nc2nncc3ccccc23)c1. The maximum absolute atomic E-state index is 5.17. The van der Waals surface area contributed by atoms with Crippen molar-refractivity contribution >= 4 is 22.8 Å². The molecule has 2 aromatic carbocycles. The van der Waals surface area contributed by atoms with Crippen LogP contribution in [-0.2, 0) is 0 Å². The molecular formula is C16H14N4O. The summed E-state index contributed by atoms with van der Waals surface area (Å²) in [6.07, 6.45) is 3.44. The van der Waals surface area contributed by atoms with Crippen LogP contribution in [-0.4, -0.2) is 23.5 Å². The standard InChI is InChI=1S/C16H14N4O/c1-21-14-7-4-5-12(9-14)10-17-19-16-15-8-3-2-6-13(15)11-18-20-16/h2-11H,1H3,(H,19,20)/b17-10+.